The van der Waals surface area contributed by atoms with Gasteiger partial charge in [0.15, 0.2) is 0 Å². The number of likely N-dealkylation sites (tertiary alicyclic amines) is 1. The van der Waals surface area contributed by atoms with Crippen LogP contribution in [0.3, 0.4) is 0 Å². The summed E-state index contributed by atoms with van der Waals surface area (Å²) in [4.78, 5) is 29.0. The number of anilines is 1. The number of morpholine rings is 1. The summed E-state index contributed by atoms with van der Waals surface area (Å²) in [5, 5.41) is 0. The summed E-state index contributed by atoms with van der Waals surface area (Å²) in [6.45, 7) is 5.27. The molecule has 3 aliphatic heterocycles. The van der Waals surface area contributed by atoms with Crippen LogP contribution in [0, 0.1) is 5.92 Å². The minimum absolute atomic E-state index is 0.156. The van der Waals surface area contributed by atoms with E-state index >= 15 is 0 Å². The van der Waals surface area contributed by atoms with Crippen LogP contribution in [0.25, 0.3) is 0 Å². The lowest BCUT2D eigenvalue weighted by atomic mass is 9.97. The number of sulfonamides is 1. The maximum Gasteiger partial charge on any atom is 0.251 e. The molecule has 0 N–H and O–H groups in total. The van der Waals surface area contributed by atoms with Crippen LogP contribution >= 0.6 is 0 Å². The molecule has 0 unspecified atom stereocenters. The third-order valence-corrected chi connectivity index (χ3v) is 8.00. The lowest BCUT2D eigenvalue weighted by Crippen LogP contribution is -2.45. The van der Waals surface area contributed by atoms with Gasteiger partial charge < -0.3 is 4.74 Å². The second-order valence-corrected chi connectivity index (χ2v) is 9.95. The Labute approximate surface area is 171 Å². The Bertz CT molecular complexity index is 872. The molecular weight excluding hydrogens is 394 g/mol. The fourth-order valence-corrected chi connectivity index (χ4v) is 5.62. The quantitative estimate of drug-likeness (QED) is 0.676. The van der Waals surface area contributed by atoms with Crippen molar-refractivity contribution in [3.63, 3.8) is 0 Å². The Morgan fingerprint density at radius 3 is 2.21 bits per heavy atom. The van der Waals surface area contributed by atoms with Crippen LogP contribution in [0.4, 0.5) is 5.69 Å². The van der Waals surface area contributed by atoms with Crippen LogP contribution in [0.1, 0.15) is 26.2 Å². The monoisotopic (exact) mass is 421 g/mol. The summed E-state index contributed by atoms with van der Waals surface area (Å²) in [5.41, 5.74) is 0.425. The number of amides is 2. The van der Waals surface area contributed by atoms with Crippen molar-refractivity contribution in [1.29, 1.82) is 0 Å². The molecule has 29 heavy (non-hydrogen) atoms. The van der Waals surface area contributed by atoms with Crippen molar-refractivity contribution in [3.8, 4) is 0 Å². The van der Waals surface area contributed by atoms with E-state index in [9.17, 15) is 18.0 Å². The molecule has 9 heteroatoms. The largest absolute Gasteiger partial charge is 0.379 e. The van der Waals surface area contributed by atoms with Crippen molar-refractivity contribution in [3.05, 3.63) is 24.3 Å². The van der Waals surface area contributed by atoms with E-state index in [1.54, 1.807) is 12.1 Å². The lowest BCUT2D eigenvalue weighted by molar-refractivity contribution is -0.123. The van der Waals surface area contributed by atoms with E-state index in [1.807, 2.05) is 0 Å². The third-order valence-electron chi connectivity index (χ3n) is 6.08. The van der Waals surface area contributed by atoms with Crippen molar-refractivity contribution in [2.24, 2.45) is 5.92 Å². The predicted molar refractivity (Wildman–Crippen MR) is 107 cm³/mol. The summed E-state index contributed by atoms with van der Waals surface area (Å²) in [6, 6.07) is 5.62. The number of hydrogen-bond donors (Lipinski definition) is 0. The molecule has 0 aliphatic carbocycles. The maximum atomic E-state index is 12.9. The number of piperidine rings is 1. The number of benzene rings is 1. The van der Waals surface area contributed by atoms with Gasteiger partial charge in [-0.25, -0.2) is 13.3 Å². The second kappa shape index (κ2) is 8.14. The second-order valence-electron chi connectivity index (χ2n) is 8.02. The Morgan fingerprint density at radius 1 is 0.966 bits per heavy atom. The standard InChI is InChI=1S/C20H27N3O5S/c1-15-6-8-21(9-7-15)18-14-19(24)23(20(18)25)16-2-4-17(5-3-16)29(26,27)22-10-12-28-13-11-22/h2-5,15,18H,6-14H2,1H3/t18-/m0/s1. The van der Waals surface area contributed by atoms with Gasteiger partial charge in [0.2, 0.25) is 15.9 Å². The fourth-order valence-electron chi connectivity index (χ4n) is 4.22. The lowest BCUT2D eigenvalue weighted by Gasteiger charge is -2.33. The highest BCUT2D eigenvalue weighted by Crippen LogP contribution is 2.29. The summed E-state index contributed by atoms with van der Waals surface area (Å²) >= 11 is 0. The van der Waals surface area contributed by atoms with E-state index in [4.69, 9.17) is 4.74 Å². The molecule has 158 valence electrons. The normalized spacial score (nSPS) is 25.7. The molecule has 1 atom stereocenters. The maximum absolute atomic E-state index is 12.9. The molecule has 3 aliphatic rings. The van der Waals surface area contributed by atoms with Crippen LogP contribution in [-0.4, -0.2) is 74.9 Å². The molecule has 2 amide bonds. The average molecular weight is 422 g/mol. The van der Waals surface area contributed by atoms with E-state index in [2.05, 4.69) is 11.8 Å². The SMILES string of the molecule is CC1CCN([C@H]2CC(=O)N(c3ccc(S(=O)(=O)N4CCOCC4)cc3)C2=O)CC1. The van der Waals surface area contributed by atoms with Crippen molar-refractivity contribution >= 4 is 27.5 Å². The molecule has 8 nitrogen and oxygen atoms in total. The van der Waals surface area contributed by atoms with Gasteiger partial charge in [-0.2, -0.15) is 4.31 Å². The smallest absolute Gasteiger partial charge is 0.251 e. The molecule has 3 saturated heterocycles. The number of hydrogen-bond acceptors (Lipinski definition) is 6. The van der Waals surface area contributed by atoms with Gasteiger partial charge in [-0.3, -0.25) is 14.5 Å². The minimum Gasteiger partial charge on any atom is -0.379 e. The summed E-state index contributed by atoms with van der Waals surface area (Å²) in [7, 11) is -3.61. The highest BCUT2D eigenvalue weighted by atomic mass is 32.2. The number of imide groups is 1. The zero-order valence-corrected chi connectivity index (χ0v) is 17.4. The molecule has 0 saturated carbocycles. The summed E-state index contributed by atoms with van der Waals surface area (Å²) in [6.07, 6.45) is 2.25. The summed E-state index contributed by atoms with van der Waals surface area (Å²) < 4.78 is 32.1. The Hall–Kier alpha value is -1.81. The third kappa shape index (κ3) is 3.96. The zero-order chi connectivity index (χ0) is 20.6. The molecule has 4 rings (SSSR count). The van der Waals surface area contributed by atoms with Gasteiger partial charge >= 0.3 is 0 Å². The van der Waals surface area contributed by atoms with Crippen LogP contribution in [0.15, 0.2) is 29.2 Å². The van der Waals surface area contributed by atoms with Gasteiger partial charge in [0.05, 0.1) is 36.3 Å². The molecule has 0 radical (unpaired) electrons. The molecule has 1 aromatic rings. The molecule has 0 spiro atoms. The zero-order valence-electron chi connectivity index (χ0n) is 16.6. The first-order valence-corrected chi connectivity index (χ1v) is 11.6. The van der Waals surface area contributed by atoms with Crippen LogP contribution in [0.5, 0.6) is 0 Å². The van der Waals surface area contributed by atoms with Crippen LogP contribution < -0.4 is 4.90 Å². The minimum atomic E-state index is -3.61. The number of carbonyl (C=O) groups excluding carboxylic acids is 2. The summed E-state index contributed by atoms with van der Waals surface area (Å²) in [5.74, 6) is 0.200. The number of carbonyl (C=O) groups is 2. The van der Waals surface area contributed by atoms with Gasteiger partial charge in [-0.15, -0.1) is 0 Å². The van der Waals surface area contributed by atoms with Gasteiger partial charge in [0.25, 0.3) is 5.91 Å². The number of nitrogens with zero attached hydrogens (tertiary/aromatic N) is 3. The van der Waals surface area contributed by atoms with E-state index in [-0.39, 0.29) is 23.1 Å². The molecule has 1 aromatic carbocycles. The fraction of sp³-hybridized carbons (Fsp3) is 0.600. The van der Waals surface area contributed by atoms with Gasteiger partial charge in [0.1, 0.15) is 0 Å². The van der Waals surface area contributed by atoms with Gasteiger partial charge in [-0.05, 0) is 56.1 Å². The first kappa shape index (κ1) is 20.5. The Morgan fingerprint density at radius 2 is 1.59 bits per heavy atom. The predicted octanol–water partition coefficient (Wildman–Crippen LogP) is 1.07. The topological polar surface area (TPSA) is 87.2 Å². The molecule has 0 aromatic heterocycles. The van der Waals surface area contributed by atoms with Gasteiger partial charge in [-0.1, -0.05) is 6.92 Å². The first-order valence-electron chi connectivity index (χ1n) is 10.2. The molecule has 3 heterocycles. The van der Waals surface area contributed by atoms with E-state index in [0.717, 1.165) is 25.9 Å². The highest BCUT2D eigenvalue weighted by Gasteiger charge is 2.43. The molecule has 3 fully saturated rings. The Balaban J connectivity index is 1.50. The molecule has 0 bridgehead atoms. The van der Waals surface area contributed by atoms with E-state index in [1.165, 1.54) is 21.3 Å². The average Bonchev–Trinajstić information content (AvgIpc) is 3.03. The number of rotatable bonds is 4. The van der Waals surface area contributed by atoms with Crippen molar-refractivity contribution < 1.29 is 22.7 Å². The van der Waals surface area contributed by atoms with Gasteiger partial charge in [0, 0.05) is 13.1 Å². The van der Waals surface area contributed by atoms with Crippen LogP contribution in [-0.2, 0) is 24.3 Å². The highest BCUT2D eigenvalue weighted by molar-refractivity contribution is 7.89. The van der Waals surface area contributed by atoms with Crippen molar-refractivity contribution in [2.45, 2.75) is 37.1 Å². The Kier molecular flexibility index (Phi) is 5.74. The van der Waals surface area contributed by atoms with Crippen molar-refractivity contribution in [2.75, 3.05) is 44.3 Å². The first-order chi connectivity index (χ1) is 13.9. The van der Waals surface area contributed by atoms with E-state index < -0.39 is 16.1 Å². The van der Waals surface area contributed by atoms with E-state index in [0.29, 0.717) is 37.9 Å². The number of ether oxygens (including phenoxy) is 1. The van der Waals surface area contributed by atoms with Crippen molar-refractivity contribution in [1.82, 2.24) is 9.21 Å². The van der Waals surface area contributed by atoms with Crippen LogP contribution in [0.2, 0.25) is 0 Å². The molecular formula is C20H27N3O5S.